The summed E-state index contributed by atoms with van der Waals surface area (Å²) < 4.78 is 15.6. The van der Waals surface area contributed by atoms with Crippen LogP contribution in [0.3, 0.4) is 0 Å². The molecule has 0 unspecified atom stereocenters. The van der Waals surface area contributed by atoms with Crippen molar-refractivity contribution in [2.75, 3.05) is 39.7 Å². The predicted molar refractivity (Wildman–Crippen MR) is 155 cm³/mol. The molecule has 3 aromatic rings. The SMILES string of the molecule is CC.COC(C)(C)C.COc1ccc(CNc2nccc3n[nH]c(C)c23)c(OC)c1.O=CN1CCCCC1. The summed E-state index contributed by atoms with van der Waals surface area (Å²) in [5.74, 6) is 2.36. The maximum atomic E-state index is 10.1. The minimum Gasteiger partial charge on any atom is -0.497 e. The fraction of sp³-hybridized carbons (Fsp3) is 0.552. The summed E-state index contributed by atoms with van der Waals surface area (Å²) in [5.41, 5.74) is 2.97. The molecule has 0 aliphatic carbocycles. The number of methoxy groups -OCH3 is 3. The summed E-state index contributed by atoms with van der Waals surface area (Å²) in [5, 5.41) is 11.6. The van der Waals surface area contributed by atoms with Gasteiger partial charge in [-0.1, -0.05) is 13.8 Å². The van der Waals surface area contributed by atoms with Gasteiger partial charge in [-0.3, -0.25) is 9.89 Å². The number of nitrogens with zero attached hydrogens (tertiary/aromatic N) is 3. The number of hydrogen-bond donors (Lipinski definition) is 2. The number of piperidine rings is 1. The first kappa shape index (κ1) is 32.7. The average molecular weight is 530 g/mol. The van der Waals surface area contributed by atoms with E-state index in [0.717, 1.165) is 59.0 Å². The number of anilines is 1. The molecule has 212 valence electrons. The lowest BCUT2D eigenvalue weighted by molar-refractivity contribution is -0.118. The highest BCUT2D eigenvalue weighted by Gasteiger charge is 2.10. The maximum Gasteiger partial charge on any atom is 0.209 e. The van der Waals surface area contributed by atoms with Gasteiger partial charge in [-0.05, 0) is 65.2 Å². The van der Waals surface area contributed by atoms with Gasteiger partial charge in [0.1, 0.15) is 17.3 Å². The molecule has 1 amide bonds. The van der Waals surface area contributed by atoms with Crippen LogP contribution in [0.4, 0.5) is 5.82 Å². The molecule has 9 nitrogen and oxygen atoms in total. The molecule has 1 aliphatic rings. The molecule has 0 bridgehead atoms. The number of aromatic amines is 1. The van der Waals surface area contributed by atoms with E-state index < -0.39 is 0 Å². The van der Waals surface area contributed by atoms with Crippen molar-refractivity contribution in [2.45, 2.75) is 73.0 Å². The highest BCUT2D eigenvalue weighted by Crippen LogP contribution is 2.27. The van der Waals surface area contributed by atoms with E-state index in [-0.39, 0.29) is 5.60 Å². The molecule has 0 spiro atoms. The van der Waals surface area contributed by atoms with Crippen LogP contribution in [0.2, 0.25) is 0 Å². The molecule has 3 heterocycles. The average Bonchev–Trinajstić information content (AvgIpc) is 3.34. The second-order valence-corrected chi connectivity index (χ2v) is 9.45. The van der Waals surface area contributed by atoms with Gasteiger partial charge in [0.25, 0.3) is 0 Å². The number of nitrogens with one attached hydrogen (secondary N) is 2. The summed E-state index contributed by atoms with van der Waals surface area (Å²) >= 11 is 0. The third kappa shape index (κ3) is 11.0. The van der Waals surface area contributed by atoms with Crippen LogP contribution in [0.1, 0.15) is 65.1 Å². The number of benzene rings is 1. The molecule has 0 saturated carbocycles. The second kappa shape index (κ2) is 17.2. The highest BCUT2D eigenvalue weighted by atomic mass is 16.5. The first-order valence-corrected chi connectivity index (χ1v) is 13.2. The second-order valence-electron chi connectivity index (χ2n) is 9.45. The number of pyridine rings is 1. The number of hydrogen-bond acceptors (Lipinski definition) is 7. The van der Waals surface area contributed by atoms with E-state index in [2.05, 4.69) is 20.5 Å². The fourth-order valence-corrected chi connectivity index (χ4v) is 3.45. The van der Waals surface area contributed by atoms with Crippen LogP contribution in [0.25, 0.3) is 10.9 Å². The number of likely N-dealkylation sites (tertiary alicyclic amines) is 1. The van der Waals surface area contributed by atoms with Crippen LogP contribution in [0, 0.1) is 6.92 Å². The molecule has 1 saturated heterocycles. The number of ether oxygens (including phenoxy) is 3. The van der Waals surface area contributed by atoms with Gasteiger partial charge in [-0.15, -0.1) is 0 Å². The molecule has 9 heteroatoms. The Morgan fingerprint density at radius 1 is 1.05 bits per heavy atom. The number of carbonyl (C=O) groups excluding carboxylic acids is 1. The molecule has 0 atom stereocenters. The smallest absolute Gasteiger partial charge is 0.209 e. The number of carbonyl (C=O) groups is 1. The Morgan fingerprint density at radius 2 is 1.71 bits per heavy atom. The van der Waals surface area contributed by atoms with E-state index in [0.29, 0.717) is 6.54 Å². The Hall–Kier alpha value is -3.33. The van der Waals surface area contributed by atoms with E-state index in [1.54, 1.807) is 27.5 Å². The third-order valence-electron chi connectivity index (χ3n) is 5.74. The van der Waals surface area contributed by atoms with Crippen LogP contribution in [0.5, 0.6) is 11.5 Å². The third-order valence-corrected chi connectivity index (χ3v) is 5.74. The van der Waals surface area contributed by atoms with Gasteiger partial charge in [0.05, 0.1) is 30.7 Å². The number of aryl methyl sites for hydroxylation is 1. The van der Waals surface area contributed by atoms with Crippen molar-refractivity contribution in [3.63, 3.8) is 0 Å². The van der Waals surface area contributed by atoms with Gasteiger partial charge in [0.2, 0.25) is 6.41 Å². The summed E-state index contributed by atoms with van der Waals surface area (Å²) in [6.07, 6.45) is 6.37. The van der Waals surface area contributed by atoms with Crippen molar-refractivity contribution < 1.29 is 19.0 Å². The summed E-state index contributed by atoms with van der Waals surface area (Å²) in [6.45, 7) is 14.6. The first-order chi connectivity index (χ1) is 18.2. The van der Waals surface area contributed by atoms with E-state index in [9.17, 15) is 4.79 Å². The zero-order chi connectivity index (χ0) is 28.6. The van der Waals surface area contributed by atoms with Gasteiger partial charge in [-0.25, -0.2) is 4.98 Å². The normalized spacial score (nSPS) is 12.6. The number of amides is 1. The Kier molecular flexibility index (Phi) is 14.8. The largest absolute Gasteiger partial charge is 0.497 e. The van der Waals surface area contributed by atoms with E-state index in [1.165, 1.54) is 19.3 Å². The van der Waals surface area contributed by atoms with Crippen molar-refractivity contribution in [3.05, 3.63) is 41.7 Å². The van der Waals surface area contributed by atoms with Gasteiger partial charge in [0, 0.05) is 50.3 Å². The number of fused-ring (bicyclic) bond motifs is 1. The van der Waals surface area contributed by atoms with Gasteiger partial charge in [-0.2, -0.15) is 5.10 Å². The maximum absolute atomic E-state index is 10.1. The Labute approximate surface area is 228 Å². The molecule has 2 N–H and O–H groups in total. The predicted octanol–water partition coefficient (Wildman–Crippen LogP) is 5.98. The number of rotatable bonds is 6. The quantitative estimate of drug-likeness (QED) is 0.379. The topological polar surface area (TPSA) is 102 Å². The Morgan fingerprint density at radius 3 is 2.24 bits per heavy atom. The monoisotopic (exact) mass is 529 g/mol. The molecule has 2 aromatic heterocycles. The minimum absolute atomic E-state index is 0.0417. The minimum atomic E-state index is 0.0417. The molecule has 4 rings (SSSR count). The molecule has 1 aliphatic heterocycles. The van der Waals surface area contributed by atoms with Crippen molar-refractivity contribution in [3.8, 4) is 11.5 Å². The molecular weight excluding hydrogens is 482 g/mol. The summed E-state index contributed by atoms with van der Waals surface area (Å²) in [4.78, 5) is 16.3. The first-order valence-electron chi connectivity index (χ1n) is 13.2. The van der Waals surface area contributed by atoms with Crippen molar-refractivity contribution >= 4 is 23.1 Å². The fourth-order valence-electron chi connectivity index (χ4n) is 3.45. The summed E-state index contributed by atoms with van der Waals surface area (Å²) in [7, 11) is 5.00. The van der Waals surface area contributed by atoms with Crippen molar-refractivity contribution in [2.24, 2.45) is 0 Å². The lowest BCUT2D eigenvalue weighted by Gasteiger charge is -2.21. The Bertz CT molecular complexity index is 1070. The number of H-pyrrole nitrogens is 1. The molecular formula is C29H47N5O4. The van der Waals surface area contributed by atoms with Crippen molar-refractivity contribution in [1.29, 1.82) is 0 Å². The molecule has 0 radical (unpaired) electrons. The lowest BCUT2D eigenvalue weighted by Crippen LogP contribution is -2.27. The Balaban J connectivity index is 0.000000371. The highest BCUT2D eigenvalue weighted by molar-refractivity contribution is 5.91. The molecule has 1 aromatic carbocycles. The lowest BCUT2D eigenvalue weighted by atomic mass is 10.1. The van der Waals surface area contributed by atoms with E-state index >= 15 is 0 Å². The van der Waals surface area contributed by atoms with Crippen LogP contribution >= 0.6 is 0 Å². The number of aromatic nitrogens is 3. The van der Waals surface area contributed by atoms with Crippen LogP contribution in [0.15, 0.2) is 30.5 Å². The van der Waals surface area contributed by atoms with Gasteiger partial charge >= 0.3 is 0 Å². The zero-order valence-corrected chi connectivity index (χ0v) is 24.7. The van der Waals surface area contributed by atoms with Crippen LogP contribution in [-0.4, -0.2) is 66.5 Å². The van der Waals surface area contributed by atoms with Gasteiger partial charge < -0.3 is 24.4 Å². The van der Waals surface area contributed by atoms with E-state index in [4.69, 9.17) is 14.2 Å². The van der Waals surface area contributed by atoms with E-state index in [1.807, 2.05) is 70.7 Å². The molecule has 1 fully saturated rings. The summed E-state index contributed by atoms with van der Waals surface area (Å²) in [6, 6.07) is 7.65. The molecule has 38 heavy (non-hydrogen) atoms. The standard InChI is InChI=1S/C16H18N4O2.C6H11NO.C5H12O.C2H6/c1-10-15-13(20-19-10)6-7-17-16(15)18-9-11-4-5-12(21-2)8-14(11)22-3;8-6-7-4-2-1-3-5-7;1-5(2,3)6-4;1-2/h4-8H,9H2,1-3H3,(H,17,18)(H,19,20);6H,1-5H2;1-4H3;1-2H3. The zero-order valence-electron chi connectivity index (χ0n) is 24.7. The van der Waals surface area contributed by atoms with Gasteiger partial charge in [0.15, 0.2) is 0 Å². The van der Waals surface area contributed by atoms with Crippen LogP contribution in [-0.2, 0) is 16.1 Å². The van der Waals surface area contributed by atoms with Crippen molar-refractivity contribution in [1.82, 2.24) is 20.1 Å². The van der Waals surface area contributed by atoms with Crippen LogP contribution < -0.4 is 14.8 Å².